The minimum atomic E-state index is 0.545. The number of fused-ring (bicyclic) bond motifs is 1. The summed E-state index contributed by atoms with van der Waals surface area (Å²) in [4.78, 5) is 2.01. The Morgan fingerprint density at radius 2 is 2.08 bits per heavy atom. The fraction of sp³-hybridized carbons (Fsp3) is 0.176. The van der Waals surface area contributed by atoms with Crippen molar-refractivity contribution in [2.24, 2.45) is 0 Å². The van der Waals surface area contributed by atoms with Crippen molar-refractivity contribution in [3.8, 4) is 22.5 Å². The first-order chi connectivity index (χ1) is 12.8. The van der Waals surface area contributed by atoms with E-state index in [-0.39, 0.29) is 0 Å². The number of hydrogen-bond donors (Lipinski definition) is 4. The molecule has 5 rings (SSSR count). The van der Waals surface area contributed by atoms with Crippen LogP contribution in [0.15, 0.2) is 46.3 Å². The van der Waals surface area contributed by atoms with E-state index in [0.717, 1.165) is 50.5 Å². The molecule has 0 radical (unpaired) electrons. The number of tetrazole rings is 1. The molecule has 0 aliphatic carbocycles. The Morgan fingerprint density at radius 1 is 1.15 bits per heavy atom. The van der Waals surface area contributed by atoms with Crippen molar-refractivity contribution in [1.82, 2.24) is 36.1 Å². The smallest absolute Gasteiger partial charge is 0.206 e. The minimum Gasteiger partial charge on any atom is -0.314 e. The van der Waals surface area contributed by atoms with Gasteiger partial charge in [-0.2, -0.15) is 10.3 Å². The Kier molecular flexibility index (Phi) is 3.92. The molecule has 3 N–H and O–H groups in total. The maximum Gasteiger partial charge on any atom is 0.206 e. The molecule has 26 heavy (non-hydrogen) atoms. The molecule has 7 nitrogen and oxygen atoms in total. The molecule has 4 aromatic rings. The Hall–Kier alpha value is -2.36. The lowest BCUT2D eigenvalue weighted by Gasteiger charge is -2.27. The summed E-state index contributed by atoms with van der Waals surface area (Å²) in [6, 6.07) is 10.4. The lowest BCUT2D eigenvalue weighted by Crippen LogP contribution is -2.44. The normalized spacial score (nSPS) is 14.7. The van der Waals surface area contributed by atoms with Gasteiger partial charge in [0.1, 0.15) is 0 Å². The highest BCUT2D eigenvalue weighted by atomic mass is 32.2. The topological polar surface area (TPSA) is 95.2 Å². The van der Waals surface area contributed by atoms with E-state index in [9.17, 15) is 0 Å². The number of nitrogens with one attached hydrogen (secondary N) is 3. The van der Waals surface area contributed by atoms with E-state index in [0.29, 0.717) is 11.1 Å². The molecule has 1 aliphatic heterocycles. The maximum atomic E-state index is 4.83. The van der Waals surface area contributed by atoms with Gasteiger partial charge in [0.05, 0.1) is 11.7 Å². The van der Waals surface area contributed by atoms with Crippen molar-refractivity contribution >= 4 is 35.3 Å². The van der Waals surface area contributed by atoms with E-state index in [1.807, 2.05) is 18.0 Å². The molecule has 0 amide bonds. The van der Waals surface area contributed by atoms with Crippen LogP contribution in [0.1, 0.15) is 0 Å². The van der Waals surface area contributed by atoms with Crippen LogP contribution in [0.4, 0.5) is 0 Å². The Morgan fingerprint density at radius 3 is 2.85 bits per heavy atom. The molecule has 1 fully saturated rings. The number of H-pyrrole nitrogens is 2. The second-order valence-electron chi connectivity index (χ2n) is 6.14. The average Bonchev–Trinajstić information content (AvgIpc) is 3.29. The van der Waals surface area contributed by atoms with Gasteiger partial charge in [0.25, 0.3) is 0 Å². The molecular weight excluding hydrogens is 366 g/mol. The summed E-state index contributed by atoms with van der Waals surface area (Å²) in [5, 5.41) is 26.8. The van der Waals surface area contributed by atoms with Crippen LogP contribution in [0, 0.1) is 0 Å². The third-order valence-electron chi connectivity index (χ3n) is 4.50. The van der Waals surface area contributed by atoms with E-state index in [1.54, 1.807) is 0 Å². The van der Waals surface area contributed by atoms with E-state index >= 15 is 0 Å². The van der Waals surface area contributed by atoms with Gasteiger partial charge in [-0.1, -0.05) is 18.2 Å². The SMILES string of the molecule is Sc1c(SC2CNC2)ccc(-c2ccc3cn[nH]c3c2)c1-c1nn[nH]n1. The van der Waals surface area contributed by atoms with Gasteiger partial charge in [0.15, 0.2) is 0 Å². The molecular formula is C17H15N7S2. The molecule has 1 saturated heterocycles. The summed E-state index contributed by atoms with van der Waals surface area (Å²) < 4.78 is 0. The summed E-state index contributed by atoms with van der Waals surface area (Å²) in [6.07, 6.45) is 1.82. The zero-order chi connectivity index (χ0) is 17.5. The third-order valence-corrected chi connectivity index (χ3v) is 6.38. The molecule has 130 valence electrons. The van der Waals surface area contributed by atoms with Crippen molar-refractivity contribution in [3.05, 3.63) is 36.5 Å². The molecule has 0 saturated carbocycles. The number of hydrogen-bond acceptors (Lipinski definition) is 7. The van der Waals surface area contributed by atoms with Crippen LogP contribution < -0.4 is 5.32 Å². The molecule has 9 heteroatoms. The van der Waals surface area contributed by atoms with Crippen molar-refractivity contribution in [1.29, 1.82) is 0 Å². The third kappa shape index (κ3) is 2.68. The zero-order valence-corrected chi connectivity index (χ0v) is 15.3. The van der Waals surface area contributed by atoms with Crippen molar-refractivity contribution < 1.29 is 0 Å². The van der Waals surface area contributed by atoms with Gasteiger partial charge >= 0.3 is 0 Å². The van der Waals surface area contributed by atoms with Crippen molar-refractivity contribution in [2.45, 2.75) is 15.0 Å². The average molecular weight is 381 g/mol. The van der Waals surface area contributed by atoms with E-state index in [2.05, 4.69) is 66.5 Å². The molecule has 1 aliphatic rings. The minimum absolute atomic E-state index is 0.545. The predicted molar refractivity (Wildman–Crippen MR) is 104 cm³/mol. The first-order valence-electron chi connectivity index (χ1n) is 8.20. The second-order valence-corrected chi connectivity index (χ2v) is 7.93. The molecule has 2 aromatic carbocycles. The van der Waals surface area contributed by atoms with Gasteiger partial charge in [-0.25, -0.2) is 0 Å². The predicted octanol–water partition coefficient (Wildman–Crippen LogP) is 2.76. The van der Waals surface area contributed by atoms with Gasteiger partial charge in [-0.15, -0.1) is 34.6 Å². The monoisotopic (exact) mass is 381 g/mol. The molecule has 0 unspecified atom stereocenters. The number of nitrogens with zero attached hydrogens (tertiary/aromatic N) is 4. The van der Waals surface area contributed by atoms with Crippen LogP contribution in [-0.2, 0) is 0 Å². The molecule has 0 atom stereocenters. The highest BCUT2D eigenvalue weighted by molar-refractivity contribution is 8.00. The first-order valence-corrected chi connectivity index (χ1v) is 9.53. The van der Waals surface area contributed by atoms with Crippen LogP contribution in [0.2, 0.25) is 0 Å². The standard InChI is InChI=1S/C17H15N7S2/c25-16-14(26-11-7-18-8-11)4-3-12(15(16)17-21-23-24-22-17)9-1-2-10-6-19-20-13(10)5-9/h1-6,11,18,25H,7-8H2,(H,19,20)(H,21,22,23,24). The Bertz CT molecular complexity index is 1070. The summed E-state index contributed by atoms with van der Waals surface area (Å²) in [5.41, 5.74) is 3.95. The van der Waals surface area contributed by atoms with Crippen LogP contribution in [0.25, 0.3) is 33.4 Å². The summed E-state index contributed by atoms with van der Waals surface area (Å²) in [6.45, 7) is 2.04. The fourth-order valence-corrected chi connectivity index (χ4v) is 4.61. The van der Waals surface area contributed by atoms with E-state index in [1.165, 1.54) is 0 Å². The second kappa shape index (κ2) is 6.42. The lowest BCUT2D eigenvalue weighted by atomic mass is 9.98. The fourth-order valence-electron chi connectivity index (χ4n) is 3.03. The lowest BCUT2D eigenvalue weighted by molar-refractivity contribution is 0.543. The number of thioether (sulfide) groups is 1. The van der Waals surface area contributed by atoms with Crippen molar-refractivity contribution in [2.75, 3.05) is 13.1 Å². The molecule has 2 aromatic heterocycles. The molecule has 0 bridgehead atoms. The molecule has 0 spiro atoms. The van der Waals surface area contributed by atoms with Crippen LogP contribution in [-0.4, -0.2) is 49.2 Å². The molecule has 3 heterocycles. The maximum absolute atomic E-state index is 4.83. The van der Waals surface area contributed by atoms with E-state index in [4.69, 9.17) is 12.6 Å². The summed E-state index contributed by atoms with van der Waals surface area (Å²) >= 11 is 6.67. The first kappa shape index (κ1) is 15.9. The number of rotatable bonds is 4. The number of thiol groups is 1. The van der Waals surface area contributed by atoms with Gasteiger partial charge in [0.2, 0.25) is 5.82 Å². The van der Waals surface area contributed by atoms with Crippen LogP contribution in [0.5, 0.6) is 0 Å². The summed E-state index contributed by atoms with van der Waals surface area (Å²) in [5.74, 6) is 0.545. The van der Waals surface area contributed by atoms with Gasteiger partial charge in [0, 0.05) is 39.1 Å². The van der Waals surface area contributed by atoms with Gasteiger partial charge in [-0.05, 0) is 28.5 Å². The Balaban J connectivity index is 1.67. The van der Waals surface area contributed by atoms with Crippen molar-refractivity contribution in [3.63, 3.8) is 0 Å². The highest BCUT2D eigenvalue weighted by Crippen LogP contribution is 2.42. The quantitative estimate of drug-likeness (QED) is 0.406. The van der Waals surface area contributed by atoms with Crippen LogP contribution >= 0.6 is 24.4 Å². The highest BCUT2D eigenvalue weighted by Gasteiger charge is 2.23. The Labute approximate surface area is 158 Å². The van der Waals surface area contributed by atoms with Gasteiger partial charge in [-0.3, -0.25) is 5.10 Å². The largest absolute Gasteiger partial charge is 0.314 e. The van der Waals surface area contributed by atoms with E-state index < -0.39 is 0 Å². The number of benzene rings is 2. The van der Waals surface area contributed by atoms with Crippen LogP contribution in [0.3, 0.4) is 0 Å². The number of aromatic amines is 2. The number of aromatic nitrogens is 6. The summed E-state index contributed by atoms with van der Waals surface area (Å²) in [7, 11) is 0. The zero-order valence-electron chi connectivity index (χ0n) is 13.6. The van der Waals surface area contributed by atoms with Gasteiger partial charge < -0.3 is 5.32 Å².